The molecule has 0 aromatic rings. The molecule has 0 unspecified atom stereocenters. The van der Waals surface area contributed by atoms with Crippen molar-refractivity contribution in [3.05, 3.63) is 0 Å². The van der Waals surface area contributed by atoms with Gasteiger partial charge in [-0.2, -0.15) is 0 Å². The van der Waals surface area contributed by atoms with E-state index in [0.29, 0.717) is 11.8 Å². The Labute approximate surface area is 116 Å². The molecular formula is C15H28N2O2. The third-order valence-electron chi connectivity index (χ3n) is 4.55. The van der Waals surface area contributed by atoms with Gasteiger partial charge in [-0.1, -0.05) is 19.3 Å². The molecule has 0 atom stereocenters. The van der Waals surface area contributed by atoms with Crippen molar-refractivity contribution >= 4 is 5.91 Å². The van der Waals surface area contributed by atoms with Crippen LogP contribution in [0.3, 0.4) is 0 Å². The van der Waals surface area contributed by atoms with Gasteiger partial charge in [-0.05, 0) is 31.7 Å². The third kappa shape index (κ3) is 4.77. The number of hydrogen-bond acceptors (Lipinski definition) is 3. The van der Waals surface area contributed by atoms with E-state index in [1.54, 1.807) is 0 Å². The van der Waals surface area contributed by atoms with Crippen LogP contribution in [0.2, 0.25) is 0 Å². The fourth-order valence-corrected chi connectivity index (χ4v) is 3.35. The summed E-state index contributed by atoms with van der Waals surface area (Å²) in [4.78, 5) is 16.6. The molecule has 0 radical (unpaired) electrons. The Morgan fingerprint density at radius 1 is 1.00 bits per heavy atom. The van der Waals surface area contributed by atoms with Crippen molar-refractivity contribution in [3.8, 4) is 0 Å². The van der Waals surface area contributed by atoms with Crippen LogP contribution in [-0.4, -0.2) is 60.1 Å². The van der Waals surface area contributed by atoms with Crippen LogP contribution in [0.4, 0.5) is 0 Å². The second-order valence-electron chi connectivity index (χ2n) is 6.01. The van der Waals surface area contributed by atoms with Crippen molar-refractivity contribution in [2.24, 2.45) is 5.92 Å². The van der Waals surface area contributed by atoms with Gasteiger partial charge in [0.25, 0.3) is 0 Å². The fourth-order valence-electron chi connectivity index (χ4n) is 3.35. The van der Waals surface area contributed by atoms with E-state index < -0.39 is 0 Å². The summed E-state index contributed by atoms with van der Waals surface area (Å²) < 4.78 is 0. The van der Waals surface area contributed by atoms with Gasteiger partial charge in [0.2, 0.25) is 5.91 Å². The van der Waals surface area contributed by atoms with Gasteiger partial charge in [0.1, 0.15) is 0 Å². The fraction of sp³-hybridized carbons (Fsp3) is 0.933. The van der Waals surface area contributed by atoms with E-state index in [2.05, 4.69) is 4.90 Å². The van der Waals surface area contributed by atoms with Crippen LogP contribution in [0.15, 0.2) is 0 Å². The van der Waals surface area contributed by atoms with Crippen LogP contribution >= 0.6 is 0 Å². The van der Waals surface area contributed by atoms with E-state index in [9.17, 15) is 4.79 Å². The Morgan fingerprint density at radius 2 is 1.79 bits per heavy atom. The summed E-state index contributed by atoms with van der Waals surface area (Å²) >= 11 is 0. The van der Waals surface area contributed by atoms with Gasteiger partial charge in [-0.15, -0.1) is 0 Å². The molecule has 4 nitrogen and oxygen atoms in total. The van der Waals surface area contributed by atoms with Crippen molar-refractivity contribution in [2.75, 3.05) is 39.3 Å². The van der Waals surface area contributed by atoms with Crippen LogP contribution < -0.4 is 0 Å². The number of amides is 1. The minimum atomic E-state index is 0.218. The summed E-state index contributed by atoms with van der Waals surface area (Å²) in [5.74, 6) is 0.996. The Hall–Kier alpha value is -0.610. The third-order valence-corrected chi connectivity index (χ3v) is 4.55. The number of aliphatic hydroxyl groups excluding tert-OH is 1. The molecule has 2 rings (SSSR count). The van der Waals surface area contributed by atoms with Crippen LogP contribution in [0, 0.1) is 5.92 Å². The van der Waals surface area contributed by atoms with Crippen LogP contribution in [0.1, 0.15) is 44.9 Å². The maximum Gasteiger partial charge on any atom is 0.222 e. The van der Waals surface area contributed by atoms with Crippen molar-refractivity contribution < 1.29 is 9.90 Å². The Balaban J connectivity index is 1.75. The Kier molecular flexibility index (Phi) is 6.11. The number of rotatable bonds is 4. The minimum absolute atomic E-state index is 0.218. The number of nitrogens with zero attached hydrogens (tertiary/aromatic N) is 2. The van der Waals surface area contributed by atoms with E-state index in [1.165, 1.54) is 32.1 Å². The average molecular weight is 268 g/mol. The number of β-amino-alcohol motifs (C(OH)–C–C–N with tert-alkyl or cyclic N) is 1. The molecule has 110 valence electrons. The van der Waals surface area contributed by atoms with Crippen molar-refractivity contribution in [3.63, 3.8) is 0 Å². The zero-order valence-corrected chi connectivity index (χ0v) is 12.0. The van der Waals surface area contributed by atoms with Crippen LogP contribution in [0.5, 0.6) is 0 Å². The SMILES string of the molecule is O=C(CC1CCCCC1)N1CCCN(CCO)CC1. The topological polar surface area (TPSA) is 43.8 Å². The van der Waals surface area contributed by atoms with E-state index in [-0.39, 0.29) is 6.61 Å². The standard InChI is InChI=1S/C15H28N2O2/c18-12-11-16-7-4-8-17(10-9-16)15(19)13-14-5-2-1-3-6-14/h14,18H,1-13H2. The summed E-state index contributed by atoms with van der Waals surface area (Å²) in [5.41, 5.74) is 0. The predicted octanol–water partition coefficient (Wildman–Crippen LogP) is 1.48. The molecule has 1 saturated heterocycles. The number of carbonyl (C=O) groups is 1. The number of hydrogen-bond donors (Lipinski definition) is 1. The molecule has 1 N–H and O–H groups in total. The first kappa shape index (κ1) is 14.8. The van der Waals surface area contributed by atoms with Crippen molar-refractivity contribution in [1.82, 2.24) is 9.80 Å². The predicted molar refractivity (Wildman–Crippen MR) is 75.9 cm³/mol. The molecule has 1 amide bonds. The monoisotopic (exact) mass is 268 g/mol. The maximum atomic E-state index is 12.3. The minimum Gasteiger partial charge on any atom is -0.395 e. The molecule has 1 aliphatic carbocycles. The quantitative estimate of drug-likeness (QED) is 0.840. The molecule has 0 aromatic carbocycles. The smallest absolute Gasteiger partial charge is 0.222 e. The summed E-state index contributed by atoms with van der Waals surface area (Å²) in [6, 6.07) is 0. The summed E-state index contributed by atoms with van der Waals surface area (Å²) in [6.45, 7) is 4.62. The molecule has 4 heteroatoms. The van der Waals surface area contributed by atoms with Crippen molar-refractivity contribution in [1.29, 1.82) is 0 Å². The van der Waals surface area contributed by atoms with Gasteiger partial charge in [-0.25, -0.2) is 0 Å². The molecule has 1 saturated carbocycles. The first-order valence-electron chi connectivity index (χ1n) is 7.90. The highest BCUT2D eigenvalue weighted by Crippen LogP contribution is 2.26. The van der Waals surface area contributed by atoms with Gasteiger partial charge >= 0.3 is 0 Å². The van der Waals surface area contributed by atoms with E-state index in [4.69, 9.17) is 5.11 Å². The lowest BCUT2D eigenvalue weighted by atomic mass is 9.86. The molecule has 0 spiro atoms. The van der Waals surface area contributed by atoms with Gasteiger partial charge in [0, 0.05) is 32.6 Å². The lowest BCUT2D eigenvalue weighted by Gasteiger charge is -2.26. The largest absolute Gasteiger partial charge is 0.395 e. The second kappa shape index (κ2) is 7.85. The summed E-state index contributed by atoms with van der Waals surface area (Å²) in [6.07, 6.45) is 8.26. The highest BCUT2D eigenvalue weighted by Gasteiger charge is 2.22. The van der Waals surface area contributed by atoms with Gasteiger partial charge < -0.3 is 10.0 Å². The molecule has 2 aliphatic rings. The molecular weight excluding hydrogens is 240 g/mol. The molecule has 2 fully saturated rings. The van der Waals surface area contributed by atoms with Crippen LogP contribution in [0.25, 0.3) is 0 Å². The molecule has 19 heavy (non-hydrogen) atoms. The highest BCUT2D eigenvalue weighted by atomic mass is 16.3. The Bertz CT molecular complexity index is 277. The van der Waals surface area contributed by atoms with Gasteiger partial charge in [0.05, 0.1) is 6.61 Å². The van der Waals surface area contributed by atoms with Gasteiger partial charge in [0.15, 0.2) is 0 Å². The summed E-state index contributed by atoms with van der Waals surface area (Å²) in [5, 5.41) is 8.98. The van der Waals surface area contributed by atoms with Gasteiger partial charge in [-0.3, -0.25) is 9.69 Å². The van der Waals surface area contributed by atoms with Crippen LogP contribution in [-0.2, 0) is 4.79 Å². The average Bonchev–Trinajstić information content (AvgIpc) is 2.66. The highest BCUT2D eigenvalue weighted by molar-refractivity contribution is 5.76. The second-order valence-corrected chi connectivity index (χ2v) is 6.01. The first-order valence-corrected chi connectivity index (χ1v) is 7.90. The maximum absolute atomic E-state index is 12.3. The zero-order valence-electron chi connectivity index (χ0n) is 12.0. The van der Waals surface area contributed by atoms with E-state index >= 15 is 0 Å². The number of carbonyl (C=O) groups excluding carboxylic acids is 1. The lowest BCUT2D eigenvalue weighted by molar-refractivity contribution is -0.132. The molecule has 1 heterocycles. The molecule has 0 aromatic heterocycles. The lowest BCUT2D eigenvalue weighted by Crippen LogP contribution is -2.36. The van der Waals surface area contributed by atoms with Crippen molar-refractivity contribution in [2.45, 2.75) is 44.9 Å². The first-order chi connectivity index (χ1) is 9.29. The normalized spacial score (nSPS) is 23.3. The van der Waals surface area contributed by atoms with E-state index in [0.717, 1.165) is 45.6 Å². The Morgan fingerprint density at radius 3 is 2.53 bits per heavy atom. The molecule has 0 bridgehead atoms. The zero-order chi connectivity index (χ0) is 13.5. The van der Waals surface area contributed by atoms with E-state index in [1.807, 2.05) is 4.90 Å². The molecule has 1 aliphatic heterocycles. The number of aliphatic hydroxyl groups is 1. The summed E-state index contributed by atoms with van der Waals surface area (Å²) in [7, 11) is 0.